The zero-order chi connectivity index (χ0) is 15.7. The normalized spacial score (nSPS) is 11.6. The van der Waals surface area contributed by atoms with E-state index in [1.807, 2.05) is 6.92 Å². The van der Waals surface area contributed by atoms with Crippen molar-refractivity contribution >= 4 is 17.9 Å². The van der Waals surface area contributed by atoms with Crippen LogP contribution in [0.25, 0.3) is 0 Å². The Labute approximate surface area is 118 Å². The summed E-state index contributed by atoms with van der Waals surface area (Å²) in [6.45, 7) is 2.10. The van der Waals surface area contributed by atoms with Crippen LogP contribution in [0.15, 0.2) is 0 Å². The SMILES string of the molecule is CCCN(CC(=O)N(C)C)C(=O)NCC(OC)C(=O)O. The second-order valence-corrected chi connectivity index (χ2v) is 4.46. The van der Waals surface area contributed by atoms with Crippen LogP contribution in [0.3, 0.4) is 0 Å². The molecule has 2 N–H and O–H groups in total. The minimum atomic E-state index is -1.15. The van der Waals surface area contributed by atoms with E-state index in [1.165, 1.54) is 16.9 Å². The van der Waals surface area contributed by atoms with E-state index in [-0.39, 0.29) is 19.0 Å². The fourth-order valence-electron chi connectivity index (χ4n) is 1.39. The number of nitrogens with zero attached hydrogens (tertiary/aromatic N) is 2. The number of carbonyl (C=O) groups is 3. The van der Waals surface area contributed by atoms with Crippen molar-refractivity contribution in [1.29, 1.82) is 0 Å². The molecule has 0 spiro atoms. The highest BCUT2D eigenvalue weighted by molar-refractivity contribution is 5.84. The number of methoxy groups -OCH3 is 1. The lowest BCUT2D eigenvalue weighted by Gasteiger charge is -2.24. The van der Waals surface area contributed by atoms with Gasteiger partial charge in [-0.2, -0.15) is 0 Å². The highest BCUT2D eigenvalue weighted by Crippen LogP contribution is 1.96. The van der Waals surface area contributed by atoms with Crippen molar-refractivity contribution in [2.75, 3.05) is 40.8 Å². The third-order valence-electron chi connectivity index (χ3n) is 2.60. The zero-order valence-corrected chi connectivity index (χ0v) is 12.4. The number of rotatable bonds is 8. The first-order chi connectivity index (χ1) is 9.33. The van der Waals surface area contributed by atoms with Crippen LogP contribution in [0.5, 0.6) is 0 Å². The summed E-state index contributed by atoms with van der Waals surface area (Å²) in [5, 5.41) is 11.3. The summed E-state index contributed by atoms with van der Waals surface area (Å²) < 4.78 is 4.71. The van der Waals surface area contributed by atoms with Gasteiger partial charge >= 0.3 is 12.0 Å². The molecular formula is C12H23N3O5. The Kier molecular flexibility index (Phi) is 8.30. The van der Waals surface area contributed by atoms with E-state index in [4.69, 9.17) is 9.84 Å². The summed E-state index contributed by atoms with van der Waals surface area (Å²) in [5.74, 6) is -1.35. The molecule has 0 radical (unpaired) electrons. The van der Waals surface area contributed by atoms with E-state index in [0.29, 0.717) is 13.0 Å². The molecule has 0 saturated carbocycles. The van der Waals surface area contributed by atoms with E-state index in [9.17, 15) is 14.4 Å². The summed E-state index contributed by atoms with van der Waals surface area (Å²) in [7, 11) is 4.47. The van der Waals surface area contributed by atoms with Gasteiger partial charge in [0.05, 0.1) is 6.54 Å². The largest absolute Gasteiger partial charge is 0.479 e. The first-order valence-corrected chi connectivity index (χ1v) is 6.32. The number of carbonyl (C=O) groups excluding carboxylic acids is 2. The molecule has 8 nitrogen and oxygen atoms in total. The fraction of sp³-hybridized carbons (Fsp3) is 0.750. The quantitative estimate of drug-likeness (QED) is 0.633. The minimum Gasteiger partial charge on any atom is -0.479 e. The monoisotopic (exact) mass is 289 g/mol. The molecule has 0 bridgehead atoms. The van der Waals surface area contributed by atoms with Crippen molar-refractivity contribution in [1.82, 2.24) is 15.1 Å². The number of urea groups is 1. The fourth-order valence-corrected chi connectivity index (χ4v) is 1.39. The molecule has 1 unspecified atom stereocenters. The van der Waals surface area contributed by atoms with Crippen molar-refractivity contribution in [3.05, 3.63) is 0 Å². The Morgan fingerprint density at radius 3 is 2.30 bits per heavy atom. The van der Waals surface area contributed by atoms with Crippen LogP contribution >= 0.6 is 0 Å². The molecule has 0 fully saturated rings. The Morgan fingerprint density at radius 1 is 1.30 bits per heavy atom. The maximum absolute atomic E-state index is 11.9. The molecular weight excluding hydrogens is 266 g/mol. The highest BCUT2D eigenvalue weighted by Gasteiger charge is 2.21. The molecule has 0 aliphatic carbocycles. The molecule has 8 heteroatoms. The maximum atomic E-state index is 11.9. The molecule has 0 aliphatic heterocycles. The van der Waals surface area contributed by atoms with Gasteiger partial charge in [-0.05, 0) is 6.42 Å². The third-order valence-corrected chi connectivity index (χ3v) is 2.60. The Bertz CT molecular complexity index is 346. The predicted octanol–water partition coefficient (Wildman–Crippen LogP) is -0.404. The molecule has 20 heavy (non-hydrogen) atoms. The third kappa shape index (κ3) is 6.37. The van der Waals surface area contributed by atoms with Gasteiger partial charge < -0.3 is 25.0 Å². The average Bonchev–Trinajstić information content (AvgIpc) is 2.37. The predicted molar refractivity (Wildman–Crippen MR) is 72.4 cm³/mol. The summed E-state index contributed by atoms with van der Waals surface area (Å²) in [6, 6.07) is -0.481. The number of hydrogen-bond donors (Lipinski definition) is 2. The number of hydrogen-bond acceptors (Lipinski definition) is 4. The van der Waals surface area contributed by atoms with E-state index in [1.54, 1.807) is 14.1 Å². The maximum Gasteiger partial charge on any atom is 0.334 e. The summed E-state index contributed by atoms with van der Waals surface area (Å²) in [4.78, 5) is 37.0. The van der Waals surface area contributed by atoms with Crippen molar-refractivity contribution in [3.8, 4) is 0 Å². The van der Waals surface area contributed by atoms with Gasteiger partial charge in [0.15, 0.2) is 6.10 Å². The number of likely N-dealkylation sites (N-methyl/N-ethyl adjacent to an activating group) is 1. The lowest BCUT2D eigenvalue weighted by atomic mass is 10.3. The van der Waals surface area contributed by atoms with Crippen LogP contribution < -0.4 is 5.32 Å². The summed E-state index contributed by atoms with van der Waals surface area (Å²) >= 11 is 0. The highest BCUT2D eigenvalue weighted by atomic mass is 16.5. The van der Waals surface area contributed by atoms with E-state index in [0.717, 1.165) is 0 Å². The lowest BCUT2D eigenvalue weighted by Crippen LogP contribution is -2.48. The smallest absolute Gasteiger partial charge is 0.334 e. The van der Waals surface area contributed by atoms with Crippen LogP contribution in [0.2, 0.25) is 0 Å². The van der Waals surface area contributed by atoms with Crippen LogP contribution in [0, 0.1) is 0 Å². The number of amides is 3. The van der Waals surface area contributed by atoms with E-state index < -0.39 is 18.1 Å². The molecule has 0 saturated heterocycles. The Morgan fingerprint density at radius 2 is 1.90 bits per heavy atom. The van der Waals surface area contributed by atoms with Gasteiger partial charge in [0.2, 0.25) is 5.91 Å². The summed E-state index contributed by atoms with van der Waals surface area (Å²) in [6.07, 6.45) is -0.409. The van der Waals surface area contributed by atoms with Crippen molar-refractivity contribution < 1.29 is 24.2 Å². The molecule has 3 amide bonds. The Balaban J connectivity index is 4.49. The van der Waals surface area contributed by atoms with Crippen molar-refractivity contribution in [3.63, 3.8) is 0 Å². The molecule has 0 aromatic rings. The molecule has 0 aliphatic rings. The van der Waals surface area contributed by atoms with Crippen molar-refractivity contribution in [2.45, 2.75) is 19.4 Å². The van der Waals surface area contributed by atoms with Crippen LogP contribution in [-0.2, 0) is 14.3 Å². The Hall–Kier alpha value is -1.83. The van der Waals surface area contributed by atoms with Crippen molar-refractivity contribution in [2.24, 2.45) is 0 Å². The number of carboxylic acid groups (broad SMARTS) is 1. The zero-order valence-electron chi connectivity index (χ0n) is 12.4. The molecule has 1 atom stereocenters. The van der Waals surface area contributed by atoms with Gasteiger partial charge in [-0.3, -0.25) is 4.79 Å². The standard InChI is InChI=1S/C12H23N3O5/c1-5-6-15(8-10(16)14(2)3)12(19)13-7-9(20-4)11(17)18/h9H,5-8H2,1-4H3,(H,13,19)(H,17,18). The average molecular weight is 289 g/mol. The van der Waals surface area contributed by atoms with E-state index in [2.05, 4.69) is 5.32 Å². The topological polar surface area (TPSA) is 99.2 Å². The molecule has 0 aromatic carbocycles. The second-order valence-electron chi connectivity index (χ2n) is 4.46. The van der Waals surface area contributed by atoms with Crippen LogP contribution in [0.4, 0.5) is 4.79 Å². The molecule has 0 heterocycles. The van der Waals surface area contributed by atoms with Gasteiger partial charge in [-0.15, -0.1) is 0 Å². The van der Waals surface area contributed by atoms with Gasteiger partial charge in [0, 0.05) is 27.7 Å². The molecule has 116 valence electrons. The first-order valence-electron chi connectivity index (χ1n) is 6.32. The number of carboxylic acids is 1. The molecule has 0 rings (SSSR count). The first kappa shape index (κ1) is 18.2. The minimum absolute atomic E-state index is 0.0443. The van der Waals surface area contributed by atoms with Crippen LogP contribution in [0.1, 0.15) is 13.3 Å². The van der Waals surface area contributed by atoms with Gasteiger partial charge in [-0.25, -0.2) is 9.59 Å². The molecule has 0 aromatic heterocycles. The van der Waals surface area contributed by atoms with Gasteiger partial charge in [0.1, 0.15) is 6.54 Å². The number of ether oxygens (including phenoxy) is 1. The number of aliphatic carboxylic acids is 1. The lowest BCUT2D eigenvalue weighted by molar-refractivity contribution is -0.148. The second kappa shape index (κ2) is 9.13. The van der Waals surface area contributed by atoms with E-state index >= 15 is 0 Å². The summed E-state index contributed by atoms with van der Waals surface area (Å²) in [5.41, 5.74) is 0. The van der Waals surface area contributed by atoms with Gasteiger partial charge in [-0.1, -0.05) is 6.92 Å². The van der Waals surface area contributed by atoms with Crippen LogP contribution in [-0.4, -0.2) is 79.8 Å². The number of nitrogens with one attached hydrogen (secondary N) is 1. The van der Waals surface area contributed by atoms with Gasteiger partial charge in [0.25, 0.3) is 0 Å².